The van der Waals surface area contributed by atoms with Gasteiger partial charge in [-0.3, -0.25) is 9.59 Å². The number of carbonyl (C=O) groups excluding carboxylic acids is 2. The van der Waals surface area contributed by atoms with E-state index in [1.807, 2.05) is 6.92 Å². The molecule has 2 aromatic carbocycles. The summed E-state index contributed by atoms with van der Waals surface area (Å²) < 4.78 is 10.6. The van der Waals surface area contributed by atoms with E-state index < -0.39 is 5.63 Å². The number of rotatable bonds is 7. The minimum atomic E-state index is -0.443. The number of anilines is 1. The third kappa shape index (κ3) is 4.82. The Bertz CT molecular complexity index is 1020. The number of nitrogens with one attached hydrogen (secondary N) is 1. The second kappa shape index (κ2) is 8.31. The SMILES string of the molecule is CCCC(=O)Nc1ccc(C(=O)COc2ccc3ccc(=O)oc3c2)cc1. The van der Waals surface area contributed by atoms with Crippen LogP contribution in [0.5, 0.6) is 5.75 Å². The van der Waals surface area contributed by atoms with Gasteiger partial charge >= 0.3 is 5.63 Å². The number of fused-ring (bicyclic) bond motifs is 1. The maximum absolute atomic E-state index is 12.3. The molecule has 6 nitrogen and oxygen atoms in total. The van der Waals surface area contributed by atoms with Gasteiger partial charge in [-0.1, -0.05) is 6.92 Å². The predicted molar refractivity (Wildman–Crippen MR) is 102 cm³/mol. The summed E-state index contributed by atoms with van der Waals surface area (Å²) >= 11 is 0. The summed E-state index contributed by atoms with van der Waals surface area (Å²) in [4.78, 5) is 35.2. The van der Waals surface area contributed by atoms with Crippen LogP contribution in [0.3, 0.4) is 0 Å². The Morgan fingerprint density at radius 3 is 2.52 bits per heavy atom. The first-order valence-electron chi connectivity index (χ1n) is 8.65. The fourth-order valence-electron chi connectivity index (χ4n) is 2.55. The Labute approximate surface area is 155 Å². The highest BCUT2D eigenvalue weighted by Gasteiger charge is 2.09. The lowest BCUT2D eigenvalue weighted by Gasteiger charge is -2.08. The van der Waals surface area contributed by atoms with Crippen molar-refractivity contribution in [3.63, 3.8) is 0 Å². The molecular formula is C21H19NO5. The molecule has 0 unspecified atom stereocenters. The molecule has 1 aromatic heterocycles. The van der Waals surface area contributed by atoms with Crippen molar-refractivity contribution in [2.45, 2.75) is 19.8 Å². The van der Waals surface area contributed by atoms with Crippen molar-refractivity contribution in [1.29, 1.82) is 0 Å². The third-order valence-corrected chi connectivity index (χ3v) is 3.93. The number of hydrogen-bond acceptors (Lipinski definition) is 5. The van der Waals surface area contributed by atoms with Gasteiger partial charge in [0.1, 0.15) is 11.3 Å². The van der Waals surface area contributed by atoms with Gasteiger partial charge in [0, 0.05) is 35.2 Å². The van der Waals surface area contributed by atoms with Crippen LogP contribution in [-0.4, -0.2) is 18.3 Å². The van der Waals surface area contributed by atoms with Crippen molar-refractivity contribution in [3.8, 4) is 5.75 Å². The molecule has 3 rings (SSSR count). The maximum Gasteiger partial charge on any atom is 0.336 e. The molecule has 0 saturated heterocycles. The molecule has 0 saturated carbocycles. The molecule has 1 N–H and O–H groups in total. The lowest BCUT2D eigenvalue weighted by molar-refractivity contribution is -0.116. The molecule has 0 spiro atoms. The molecule has 0 aliphatic carbocycles. The van der Waals surface area contributed by atoms with Gasteiger partial charge < -0.3 is 14.5 Å². The van der Waals surface area contributed by atoms with Gasteiger partial charge in [-0.05, 0) is 48.9 Å². The molecule has 0 atom stereocenters. The zero-order valence-electron chi connectivity index (χ0n) is 14.9. The maximum atomic E-state index is 12.3. The van der Waals surface area contributed by atoms with E-state index in [1.54, 1.807) is 48.5 Å². The minimum absolute atomic E-state index is 0.0529. The number of ether oxygens (including phenoxy) is 1. The molecule has 0 aliphatic heterocycles. The lowest BCUT2D eigenvalue weighted by Crippen LogP contribution is -2.13. The van der Waals surface area contributed by atoms with Gasteiger partial charge in [0.05, 0.1) is 0 Å². The summed E-state index contributed by atoms with van der Waals surface area (Å²) in [5.41, 5.74) is 1.09. The quantitative estimate of drug-likeness (QED) is 0.508. The average Bonchev–Trinajstić information content (AvgIpc) is 2.66. The fourth-order valence-corrected chi connectivity index (χ4v) is 2.55. The van der Waals surface area contributed by atoms with Crippen LogP contribution in [0.1, 0.15) is 30.1 Å². The number of benzene rings is 2. The topological polar surface area (TPSA) is 85.6 Å². The first-order chi connectivity index (χ1) is 13.0. The van der Waals surface area contributed by atoms with E-state index >= 15 is 0 Å². The van der Waals surface area contributed by atoms with Crippen LogP contribution in [0.25, 0.3) is 11.0 Å². The van der Waals surface area contributed by atoms with Crippen molar-refractivity contribution in [1.82, 2.24) is 0 Å². The second-order valence-electron chi connectivity index (χ2n) is 6.04. The Balaban J connectivity index is 1.62. The number of ketones is 1. The van der Waals surface area contributed by atoms with Crippen molar-refractivity contribution in [2.75, 3.05) is 11.9 Å². The number of amides is 1. The molecule has 1 heterocycles. The van der Waals surface area contributed by atoms with E-state index in [2.05, 4.69) is 5.32 Å². The van der Waals surface area contributed by atoms with E-state index in [4.69, 9.17) is 9.15 Å². The minimum Gasteiger partial charge on any atom is -0.485 e. The van der Waals surface area contributed by atoms with Crippen molar-refractivity contribution < 1.29 is 18.7 Å². The van der Waals surface area contributed by atoms with Gasteiger partial charge in [-0.25, -0.2) is 4.79 Å². The van der Waals surface area contributed by atoms with Crippen molar-refractivity contribution in [2.24, 2.45) is 0 Å². The van der Waals surface area contributed by atoms with E-state index in [1.165, 1.54) is 6.07 Å². The van der Waals surface area contributed by atoms with E-state index in [-0.39, 0.29) is 18.3 Å². The van der Waals surface area contributed by atoms with Crippen molar-refractivity contribution >= 4 is 28.3 Å². The normalized spacial score (nSPS) is 10.6. The molecule has 27 heavy (non-hydrogen) atoms. The summed E-state index contributed by atoms with van der Waals surface area (Å²) in [5, 5.41) is 3.54. The van der Waals surface area contributed by atoms with Crippen LogP contribution in [0.2, 0.25) is 0 Å². The van der Waals surface area contributed by atoms with Crippen LogP contribution in [0.15, 0.2) is 63.8 Å². The van der Waals surface area contributed by atoms with Crippen LogP contribution >= 0.6 is 0 Å². The number of carbonyl (C=O) groups is 2. The standard InChI is InChI=1S/C21H19NO5/c1-2-3-20(24)22-16-8-4-14(5-9-16)18(23)13-26-17-10-6-15-7-11-21(25)27-19(15)12-17/h4-12H,2-3,13H2,1H3,(H,22,24). The van der Waals surface area contributed by atoms with Crippen LogP contribution in [0.4, 0.5) is 5.69 Å². The zero-order valence-corrected chi connectivity index (χ0v) is 14.9. The van der Waals surface area contributed by atoms with Gasteiger partial charge in [0.15, 0.2) is 12.4 Å². The molecule has 138 valence electrons. The van der Waals surface area contributed by atoms with Crippen LogP contribution in [0, 0.1) is 0 Å². The molecule has 1 amide bonds. The largest absolute Gasteiger partial charge is 0.485 e. The number of hydrogen-bond donors (Lipinski definition) is 1. The smallest absolute Gasteiger partial charge is 0.336 e. The van der Waals surface area contributed by atoms with Crippen molar-refractivity contribution in [3.05, 3.63) is 70.6 Å². The highest BCUT2D eigenvalue weighted by atomic mass is 16.5. The average molecular weight is 365 g/mol. The Kier molecular flexibility index (Phi) is 5.66. The lowest BCUT2D eigenvalue weighted by atomic mass is 10.1. The Hall–Kier alpha value is -3.41. The fraction of sp³-hybridized carbons (Fsp3) is 0.190. The molecule has 0 aliphatic rings. The van der Waals surface area contributed by atoms with Crippen LogP contribution in [-0.2, 0) is 4.79 Å². The molecule has 6 heteroatoms. The van der Waals surface area contributed by atoms with Gasteiger partial charge in [0.2, 0.25) is 5.91 Å². The third-order valence-electron chi connectivity index (χ3n) is 3.93. The zero-order chi connectivity index (χ0) is 19.2. The predicted octanol–water partition coefficient (Wildman–Crippen LogP) is 3.79. The van der Waals surface area contributed by atoms with Crippen LogP contribution < -0.4 is 15.7 Å². The molecule has 3 aromatic rings. The molecular weight excluding hydrogens is 346 g/mol. The summed E-state index contributed by atoms with van der Waals surface area (Å²) in [6.45, 7) is 1.79. The van der Waals surface area contributed by atoms with E-state index in [0.717, 1.165) is 11.8 Å². The first kappa shape index (κ1) is 18.4. The monoisotopic (exact) mass is 365 g/mol. The summed E-state index contributed by atoms with van der Waals surface area (Å²) in [6, 6.07) is 14.7. The van der Waals surface area contributed by atoms with E-state index in [9.17, 15) is 14.4 Å². The molecule has 0 radical (unpaired) electrons. The second-order valence-corrected chi connectivity index (χ2v) is 6.04. The molecule has 0 fully saturated rings. The first-order valence-corrected chi connectivity index (χ1v) is 8.65. The van der Waals surface area contributed by atoms with Gasteiger partial charge in [-0.15, -0.1) is 0 Å². The van der Waals surface area contributed by atoms with E-state index in [0.29, 0.717) is 29.0 Å². The highest BCUT2D eigenvalue weighted by molar-refractivity contribution is 5.98. The summed E-state index contributed by atoms with van der Waals surface area (Å²) in [5.74, 6) is 0.188. The number of Topliss-reactive ketones (excluding diaryl/α,β-unsaturated/α-hetero) is 1. The highest BCUT2D eigenvalue weighted by Crippen LogP contribution is 2.20. The Morgan fingerprint density at radius 1 is 1.04 bits per heavy atom. The molecule has 0 bridgehead atoms. The van der Waals surface area contributed by atoms with Gasteiger partial charge in [-0.2, -0.15) is 0 Å². The summed E-state index contributed by atoms with van der Waals surface area (Å²) in [6.07, 6.45) is 1.23. The Morgan fingerprint density at radius 2 is 1.78 bits per heavy atom. The summed E-state index contributed by atoms with van der Waals surface area (Å²) in [7, 11) is 0. The van der Waals surface area contributed by atoms with Gasteiger partial charge in [0.25, 0.3) is 0 Å².